The van der Waals surface area contributed by atoms with E-state index in [4.69, 9.17) is 9.47 Å². The highest BCUT2D eigenvalue weighted by atomic mass is 28.3. The third kappa shape index (κ3) is 3.60. The fraction of sp³-hybridized carbons (Fsp3) is 0.667. The maximum atomic E-state index is 13.0. The number of allylic oxidation sites excluding steroid dienone is 4. The zero-order valence-corrected chi connectivity index (χ0v) is 15.4. The molecule has 0 amide bonds. The van der Waals surface area contributed by atoms with E-state index in [9.17, 15) is 9.59 Å². The number of rotatable bonds is 6. The molecule has 4 nitrogen and oxygen atoms in total. The number of ether oxygens (including phenoxy) is 2. The van der Waals surface area contributed by atoms with E-state index in [0.29, 0.717) is 13.2 Å². The van der Waals surface area contributed by atoms with E-state index >= 15 is 0 Å². The van der Waals surface area contributed by atoms with Gasteiger partial charge in [-0.1, -0.05) is 22.5 Å². The van der Waals surface area contributed by atoms with Crippen LogP contribution >= 0.6 is 0 Å². The third-order valence-electron chi connectivity index (χ3n) is 4.71. The summed E-state index contributed by atoms with van der Waals surface area (Å²) in [7, 11) is -3.24. The van der Waals surface area contributed by atoms with Crippen molar-refractivity contribution in [3.8, 4) is 0 Å². The second-order valence-electron chi connectivity index (χ2n) is 6.14. The van der Waals surface area contributed by atoms with Gasteiger partial charge in [0.2, 0.25) is 0 Å². The fourth-order valence-electron chi connectivity index (χ4n) is 3.65. The molecule has 0 N–H and O–H groups in total. The van der Waals surface area contributed by atoms with Gasteiger partial charge >= 0.3 is 8.07 Å². The molecule has 0 saturated carbocycles. The van der Waals surface area contributed by atoms with Crippen LogP contribution in [0.25, 0.3) is 0 Å². The van der Waals surface area contributed by atoms with Crippen molar-refractivity contribution in [3.63, 3.8) is 0 Å². The summed E-state index contributed by atoms with van der Waals surface area (Å²) in [6.45, 7) is 4.19. The summed E-state index contributed by atoms with van der Waals surface area (Å²) in [5.41, 5.74) is -0.639. The molecule has 23 heavy (non-hydrogen) atoms. The van der Waals surface area contributed by atoms with E-state index in [2.05, 4.69) is 12.2 Å². The van der Waals surface area contributed by atoms with E-state index in [1.165, 1.54) is 0 Å². The van der Waals surface area contributed by atoms with Crippen molar-refractivity contribution in [3.05, 3.63) is 22.5 Å². The highest BCUT2D eigenvalue weighted by Crippen LogP contribution is 2.38. The smallest absolute Gasteiger partial charge is 0.362 e. The average Bonchev–Trinajstić information content (AvgIpc) is 2.58. The summed E-state index contributed by atoms with van der Waals surface area (Å²) in [4.78, 5) is 26.1. The van der Waals surface area contributed by atoms with Gasteiger partial charge in [-0.25, -0.2) is 0 Å². The van der Waals surface area contributed by atoms with Gasteiger partial charge in [0.05, 0.1) is 13.2 Å². The molecule has 0 bridgehead atoms. The topological polar surface area (TPSA) is 52.6 Å². The van der Waals surface area contributed by atoms with Crippen molar-refractivity contribution >= 4 is 19.3 Å². The van der Waals surface area contributed by atoms with Crippen LogP contribution in [0, 0.1) is 0 Å². The van der Waals surface area contributed by atoms with Crippen LogP contribution < -0.4 is 0 Å². The van der Waals surface area contributed by atoms with Gasteiger partial charge in [0, 0.05) is 0 Å². The number of carbonyl (C=O) groups is 2. The molecule has 2 aliphatic rings. The first-order valence-corrected chi connectivity index (χ1v) is 10.9. The third-order valence-corrected chi connectivity index (χ3v) is 9.06. The summed E-state index contributed by atoms with van der Waals surface area (Å²) in [5.74, 6) is 0. The minimum Gasteiger partial charge on any atom is -0.469 e. The van der Waals surface area contributed by atoms with Crippen LogP contribution in [0.5, 0.6) is 0 Å². The summed E-state index contributed by atoms with van der Waals surface area (Å²) in [6, 6.07) is 0. The predicted molar refractivity (Wildman–Crippen MR) is 92.9 cm³/mol. The average molecular weight is 337 g/mol. The van der Waals surface area contributed by atoms with Gasteiger partial charge in [-0.15, -0.1) is 0 Å². The Hall–Kier alpha value is -1.36. The molecule has 0 aromatic rings. The van der Waals surface area contributed by atoms with Gasteiger partial charge in [-0.05, 0) is 65.2 Å². The number of carbonyl (C=O) groups excluding carboxylic acids is 2. The van der Waals surface area contributed by atoms with Crippen LogP contribution in [-0.4, -0.2) is 32.5 Å². The van der Waals surface area contributed by atoms with Gasteiger partial charge in [0.15, 0.2) is 0 Å². The van der Waals surface area contributed by atoms with E-state index in [0.717, 1.165) is 61.8 Å². The zero-order chi connectivity index (χ0) is 16.7. The van der Waals surface area contributed by atoms with Crippen LogP contribution in [0.3, 0.4) is 0 Å². The fourth-order valence-corrected chi connectivity index (χ4v) is 8.00. The Morgan fingerprint density at radius 2 is 1.30 bits per heavy atom. The predicted octanol–water partition coefficient (Wildman–Crippen LogP) is 4.99. The first-order valence-electron chi connectivity index (χ1n) is 8.91. The minimum absolute atomic E-state index is 0.299. The molecule has 2 rings (SSSR count). The largest absolute Gasteiger partial charge is 0.469 e. The molecule has 0 fully saturated rings. The van der Waals surface area contributed by atoms with Crippen LogP contribution in [0.4, 0.5) is 9.59 Å². The molecule has 0 atom stereocenters. The maximum Gasteiger partial charge on any atom is 0.362 e. The van der Waals surface area contributed by atoms with Gasteiger partial charge in [0.1, 0.15) is 0 Å². The molecule has 5 heteroatoms. The lowest BCUT2D eigenvalue weighted by molar-refractivity contribution is 0.167. The second kappa shape index (κ2) is 8.48. The summed E-state index contributed by atoms with van der Waals surface area (Å²) < 4.78 is 10.8. The standard InChI is InChI=1S/C18H28O4Si/c1-3-21-17(19)23(18(20)22-4-2,15-11-7-5-8-12-15)16-13-9-6-10-14-16/h11,13H,3-10,12,14H2,1-2H3. The Morgan fingerprint density at radius 3 is 1.61 bits per heavy atom. The first-order chi connectivity index (χ1) is 11.2. The van der Waals surface area contributed by atoms with Crippen LogP contribution in [0.2, 0.25) is 0 Å². The Balaban J connectivity index is 2.56. The Kier molecular flexibility index (Phi) is 6.63. The molecule has 0 saturated heterocycles. The maximum absolute atomic E-state index is 13.0. The van der Waals surface area contributed by atoms with Crippen molar-refractivity contribution in [2.75, 3.05) is 13.2 Å². The Bertz CT molecular complexity index is 461. The molecule has 0 unspecified atom stereocenters. The Morgan fingerprint density at radius 1 is 0.870 bits per heavy atom. The van der Waals surface area contributed by atoms with Gasteiger partial charge in [-0.2, -0.15) is 0 Å². The highest BCUT2D eigenvalue weighted by Gasteiger charge is 2.58. The molecule has 0 aliphatic heterocycles. The van der Waals surface area contributed by atoms with Crippen LogP contribution in [-0.2, 0) is 9.47 Å². The van der Waals surface area contributed by atoms with Crippen molar-refractivity contribution in [1.82, 2.24) is 0 Å². The highest BCUT2D eigenvalue weighted by molar-refractivity contribution is 7.31. The molecular formula is C18H28O4Si. The van der Waals surface area contributed by atoms with Crippen LogP contribution in [0.1, 0.15) is 65.2 Å². The molecule has 128 valence electrons. The quantitative estimate of drug-likeness (QED) is 0.641. The van der Waals surface area contributed by atoms with Crippen LogP contribution in [0.15, 0.2) is 22.5 Å². The normalized spacial score (nSPS) is 18.7. The van der Waals surface area contributed by atoms with E-state index in [1.54, 1.807) is 13.8 Å². The van der Waals surface area contributed by atoms with Gasteiger partial charge < -0.3 is 9.47 Å². The zero-order valence-electron chi connectivity index (χ0n) is 14.4. The molecule has 0 aromatic carbocycles. The molecule has 0 spiro atoms. The first kappa shape index (κ1) is 18.0. The summed E-state index contributed by atoms with van der Waals surface area (Å²) in [6.07, 6.45) is 12.1. The molecule has 0 heterocycles. The lowest BCUT2D eigenvalue weighted by Crippen LogP contribution is -2.57. The molecule has 0 radical (unpaired) electrons. The monoisotopic (exact) mass is 336 g/mol. The van der Waals surface area contributed by atoms with E-state index in [-0.39, 0.29) is 11.2 Å². The number of hydrogen-bond donors (Lipinski definition) is 0. The van der Waals surface area contributed by atoms with Gasteiger partial charge in [-0.3, -0.25) is 9.59 Å². The van der Waals surface area contributed by atoms with Crippen molar-refractivity contribution in [2.24, 2.45) is 0 Å². The summed E-state index contributed by atoms with van der Waals surface area (Å²) in [5, 5.41) is 2.04. The molecule has 0 aromatic heterocycles. The molecule has 2 aliphatic carbocycles. The lowest BCUT2D eigenvalue weighted by atomic mass is 10.1. The minimum atomic E-state index is -3.24. The Labute approximate surface area is 139 Å². The lowest BCUT2D eigenvalue weighted by Gasteiger charge is -2.34. The van der Waals surface area contributed by atoms with Crippen molar-refractivity contribution in [2.45, 2.75) is 65.2 Å². The van der Waals surface area contributed by atoms with Gasteiger partial charge in [0.25, 0.3) is 11.2 Å². The second-order valence-corrected chi connectivity index (χ2v) is 9.74. The number of hydrogen-bond acceptors (Lipinski definition) is 4. The van der Waals surface area contributed by atoms with E-state index in [1.807, 2.05) is 0 Å². The van der Waals surface area contributed by atoms with Crippen molar-refractivity contribution < 1.29 is 19.1 Å². The molecular weight excluding hydrogens is 308 g/mol. The van der Waals surface area contributed by atoms with E-state index < -0.39 is 8.07 Å². The van der Waals surface area contributed by atoms with Crippen molar-refractivity contribution in [1.29, 1.82) is 0 Å². The summed E-state index contributed by atoms with van der Waals surface area (Å²) >= 11 is 0. The SMILES string of the molecule is CCOC(=O)[Si](C(=O)OCC)(C1=CCCCC1)C1=CCCCC1.